The van der Waals surface area contributed by atoms with Gasteiger partial charge in [0.2, 0.25) is 0 Å². The Bertz CT molecular complexity index is 1360. The minimum Gasteiger partial charge on any atom is -0.431 e. The van der Waals surface area contributed by atoms with Gasteiger partial charge >= 0.3 is 5.97 Å². The number of carbonyl (C=O) groups is 2. The van der Waals surface area contributed by atoms with E-state index in [1.165, 1.54) is 36.0 Å². The molecule has 12 heteroatoms. The Morgan fingerprint density at radius 2 is 1.84 bits per heavy atom. The topological polar surface area (TPSA) is 139 Å². The normalized spacial score (nSPS) is 18.0. The van der Waals surface area contributed by atoms with Gasteiger partial charge in [-0.25, -0.2) is 18.9 Å². The second kappa shape index (κ2) is 10.4. The third-order valence-electron chi connectivity index (χ3n) is 6.87. The van der Waals surface area contributed by atoms with E-state index in [-0.39, 0.29) is 29.9 Å². The molecule has 0 radical (unpaired) electrons. The van der Waals surface area contributed by atoms with Crippen LogP contribution in [0.2, 0.25) is 0 Å². The number of esters is 1. The average Bonchev–Trinajstić information content (AvgIpc) is 3.67. The number of ether oxygens (including phenoxy) is 1. The van der Waals surface area contributed by atoms with Crippen molar-refractivity contribution >= 4 is 44.6 Å². The highest BCUT2D eigenvalue weighted by Gasteiger charge is 2.54. The van der Waals surface area contributed by atoms with Crippen molar-refractivity contribution in [3.05, 3.63) is 48.5 Å². The van der Waals surface area contributed by atoms with Gasteiger partial charge in [-0.15, -0.1) is 0 Å². The second-order valence-electron chi connectivity index (χ2n) is 9.20. The summed E-state index contributed by atoms with van der Waals surface area (Å²) in [6, 6.07) is 13.3. The summed E-state index contributed by atoms with van der Waals surface area (Å²) in [6.07, 6.45) is 2.45. The van der Waals surface area contributed by atoms with Crippen molar-refractivity contribution in [2.75, 3.05) is 18.8 Å². The van der Waals surface area contributed by atoms with E-state index in [0.29, 0.717) is 35.7 Å². The van der Waals surface area contributed by atoms with Gasteiger partial charge in [0.25, 0.3) is 11.1 Å². The number of hydrogen-bond donors (Lipinski definition) is 2. The van der Waals surface area contributed by atoms with Crippen molar-refractivity contribution in [1.82, 2.24) is 15.4 Å². The van der Waals surface area contributed by atoms with E-state index in [0.717, 1.165) is 18.4 Å². The minimum atomic E-state index is -4.12. The highest BCUT2D eigenvalue weighted by molar-refractivity contribution is 7.99. The number of amides is 1. The van der Waals surface area contributed by atoms with E-state index in [2.05, 4.69) is 9.88 Å². The molecule has 0 unspecified atom stereocenters. The number of para-hydroxylation sites is 2. The highest BCUT2D eigenvalue weighted by atomic mass is 32.2. The number of hydroxylamine groups is 1. The van der Waals surface area contributed by atoms with Crippen LogP contribution in [0.1, 0.15) is 32.1 Å². The summed E-state index contributed by atoms with van der Waals surface area (Å²) in [5, 5.41) is 9.79. The fourth-order valence-corrected chi connectivity index (χ4v) is 7.35. The third kappa shape index (κ3) is 5.24. The maximum absolute atomic E-state index is 13.6. The van der Waals surface area contributed by atoms with E-state index in [4.69, 9.17) is 9.15 Å². The van der Waals surface area contributed by atoms with Crippen molar-refractivity contribution < 1.29 is 32.4 Å². The van der Waals surface area contributed by atoms with Crippen LogP contribution >= 0.6 is 11.8 Å². The molecular formula is C25H27N3O7S2. The number of nitrogens with one attached hydrogen (secondary N) is 1. The lowest BCUT2D eigenvalue weighted by atomic mass is 9.94. The summed E-state index contributed by atoms with van der Waals surface area (Å²) in [6.45, 7) is 0.934. The molecule has 3 aromatic rings. The van der Waals surface area contributed by atoms with Gasteiger partial charge in [-0.1, -0.05) is 23.9 Å². The molecule has 1 aromatic heterocycles. The van der Waals surface area contributed by atoms with Crippen molar-refractivity contribution in [3.8, 4) is 5.75 Å². The fraction of sp³-hybridized carbons (Fsp3) is 0.400. The largest absolute Gasteiger partial charge is 0.431 e. The molecule has 1 amide bonds. The van der Waals surface area contributed by atoms with E-state index in [1.54, 1.807) is 5.48 Å². The van der Waals surface area contributed by atoms with Crippen molar-refractivity contribution in [2.24, 2.45) is 0 Å². The van der Waals surface area contributed by atoms with Gasteiger partial charge in [0.15, 0.2) is 20.2 Å². The van der Waals surface area contributed by atoms with Crippen molar-refractivity contribution in [2.45, 2.75) is 53.0 Å². The zero-order valence-corrected chi connectivity index (χ0v) is 21.6. The lowest BCUT2D eigenvalue weighted by Crippen LogP contribution is -2.58. The van der Waals surface area contributed by atoms with E-state index in [1.807, 2.05) is 24.3 Å². The number of aromatic nitrogens is 1. The van der Waals surface area contributed by atoms with E-state index >= 15 is 0 Å². The summed E-state index contributed by atoms with van der Waals surface area (Å²) < 4.78 is 36.3. The number of rotatable bonds is 9. The summed E-state index contributed by atoms with van der Waals surface area (Å²) in [4.78, 5) is 31.4. The molecular weight excluding hydrogens is 518 g/mol. The summed E-state index contributed by atoms with van der Waals surface area (Å²) in [5.41, 5.74) is 2.99. The zero-order chi connectivity index (χ0) is 26.0. The van der Waals surface area contributed by atoms with Crippen LogP contribution in [0.5, 0.6) is 5.75 Å². The van der Waals surface area contributed by atoms with Crippen molar-refractivity contribution in [1.29, 1.82) is 0 Å². The molecule has 1 aliphatic carbocycles. The third-order valence-corrected chi connectivity index (χ3v) is 10.2. The Labute approximate surface area is 218 Å². The predicted molar refractivity (Wildman–Crippen MR) is 135 cm³/mol. The molecule has 0 bridgehead atoms. The number of benzene rings is 2. The monoisotopic (exact) mass is 545 g/mol. The lowest BCUT2D eigenvalue weighted by Gasteiger charge is -2.39. The molecule has 2 N–H and O–H groups in total. The zero-order valence-electron chi connectivity index (χ0n) is 20.0. The highest BCUT2D eigenvalue weighted by Crippen LogP contribution is 2.39. The Morgan fingerprint density at radius 1 is 1.14 bits per heavy atom. The first-order valence-corrected chi connectivity index (χ1v) is 14.5. The van der Waals surface area contributed by atoms with Gasteiger partial charge in [0.05, 0.1) is 11.3 Å². The number of fused-ring (bicyclic) bond motifs is 1. The van der Waals surface area contributed by atoms with Crippen LogP contribution in [0.25, 0.3) is 11.1 Å². The first-order chi connectivity index (χ1) is 17.8. The van der Waals surface area contributed by atoms with Gasteiger partial charge in [0.1, 0.15) is 11.3 Å². The molecule has 10 nitrogen and oxygen atoms in total. The number of likely N-dealkylation sites (tertiary alicyclic amines) is 1. The Kier molecular flexibility index (Phi) is 7.26. The van der Waals surface area contributed by atoms with E-state index < -0.39 is 26.5 Å². The van der Waals surface area contributed by atoms with Crippen LogP contribution in [-0.4, -0.2) is 65.0 Å². The summed E-state index contributed by atoms with van der Waals surface area (Å²) in [5.74, 6) is -0.813. The Balaban J connectivity index is 1.20. The fourth-order valence-electron chi connectivity index (χ4n) is 4.64. The van der Waals surface area contributed by atoms with Crippen LogP contribution < -0.4 is 10.2 Å². The number of hydrogen-bond acceptors (Lipinski definition) is 10. The first kappa shape index (κ1) is 25.7. The smallest absolute Gasteiger partial charge is 0.312 e. The van der Waals surface area contributed by atoms with Crippen LogP contribution in [-0.2, 0) is 19.4 Å². The predicted octanol–water partition coefficient (Wildman–Crippen LogP) is 3.19. The molecule has 1 aliphatic heterocycles. The SMILES string of the molecule is O=C(CCSc1nc2ccccc2o1)Oc1ccc(S(=O)(=O)C2(C(=O)NO)CCN(C3CC3)CC2)cc1. The van der Waals surface area contributed by atoms with Crippen LogP contribution in [0.15, 0.2) is 63.1 Å². The lowest BCUT2D eigenvalue weighted by molar-refractivity contribution is -0.134. The standard InChI is InChI=1S/C25H27N3O7S2/c29-22(11-16-36-24-26-20-3-1-2-4-21(20)35-24)34-18-7-9-19(10-8-18)37(32,33)25(23(30)27-31)12-14-28(15-13-25)17-5-6-17/h1-4,7-10,17,31H,5-6,11-16H2,(H,27,30). The Hall–Kier alpha value is -2.93. The van der Waals surface area contributed by atoms with E-state index in [9.17, 15) is 23.2 Å². The van der Waals surface area contributed by atoms with Crippen LogP contribution in [0.4, 0.5) is 0 Å². The van der Waals surface area contributed by atoms with Gasteiger partial charge in [-0.05, 0) is 62.1 Å². The molecule has 5 rings (SSSR count). The average molecular weight is 546 g/mol. The molecule has 1 saturated heterocycles. The van der Waals surface area contributed by atoms with Gasteiger partial charge in [0, 0.05) is 24.9 Å². The second-order valence-corrected chi connectivity index (χ2v) is 12.5. The molecule has 2 fully saturated rings. The van der Waals surface area contributed by atoms with Gasteiger partial charge in [-0.3, -0.25) is 14.8 Å². The molecule has 0 spiro atoms. The summed E-state index contributed by atoms with van der Waals surface area (Å²) >= 11 is 1.30. The molecule has 0 atom stereocenters. The number of oxazole rings is 1. The molecule has 2 heterocycles. The quantitative estimate of drug-likeness (QED) is 0.135. The number of piperidine rings is 1. The number of sulfone groups is 1. The van der Waals surface area contributed by atoms with Gasteiger partial charge < -0.3 is 14.1 Å². The minimum absolute atomic E-state index is 0.0673. The van der Waals surface area contributed by atoms with Crippen molar-refractivity contribution in [3.63, 3.8) is 0 Å². The Morgan fingerprint density at radius 3 is 2.49 bits per heavy atom. The molecule has 196 valence electrons. The molecule has 1 saturated carbocycles. The molecule has 2 aromatic carbocycles. The maximum Gasteiger partial charge on any atom is 0.312 e. The summed E-state index contributed by atoms with van der Waals surface area (Å²) in [7, 11) is -4.12. The van der Waals surface area contributed by atoms with Crippen LogP contribution in [0.3, 0.4) is 0 Å². The first-order valence-electron chi connectivity index (χ1n) is 12.0. The molecule has 37 heavy (non-hydrogen) atoms. The van der Waals surface area contributed by atoms with Crippen LogP contribution in [0, 0.1) is 0 Å². The van der Waals surface area contributed by atoms with Gasteiger partial charge in [-0.2, -0.15) is 0 Å². The number of thioether (sulfide) groups is 1. The maximum atomic E-state index is 13.6. The number of carbonyl (C=O) groups excluding carboxylic acids is 2. The number of nitrogens with zero attached hydrogens (tertiary/aromatic N) is 2. The molecule has 2 aliphatic rings.